The van der Waals surface area contributed by atoms with E-state index in [-0.39, 0.29) is 11.1 Å². The molecular weight excluding hydrogens is 450 g/mol. The quantitative estimate of drug-likeness (QED) is 0.361. The SMILES string of the molecule is CC(Nc1ccnn2ccnc12)c1cc2cccc(C(F)(F)F)c2c(=O)n1-c1cccc(F)c1. The molecule has 34 heavy (non-hydrogen) atoms. The van der Waals surface area contributed by atoms with Crippen LogP contribution in [0.3, 0.4) is 0 Å². The molecular formula is C24H17F4N5O. The van der Waals surface area contributed by atoms with E-state index < -0.39 is 34.5 Å². The molecule has 6 nitrogen and oxygen atoms in total. The van der Waals surface area contributed by atoms with Crippen molar-refractivity contribution in [1.29, 1.82) is 0 Å². The van der Waals surface area contributed by atoms with Gasteiger partial charge in [-0.2, -0.15) is 18.3 Å². The number of rotatable bonds is 4. The van der Waals surface area contributed by atoms with Crippen LogP contribution in [-0.4, -0.2) is 19.2 Å². The highest BCUT2D eigenvalue weighted by molar-refractivity contribution is 5.86. The molecule has 0 fully saturated rings. The fourth-order valence-corrected chi connectivity index (χ4v) is 4.08. The van der Waals surface area contributed by atoms with Crippen molar-refractivity contribution in [3.05, 3.63) is 101 Å². The summed E-state index contributed by atoms with van der Waals surface area (Å²) in [4.78, 5) is 17.8. The van der Waals surface area contributed by atoms with E-state index in [1.54, 1.807) is 36.1 Å². The second kappa shape index (κ2) is 7.98. The molecule has 0 bridgehead atoms. The van der Waals surface area contributed by atoms with Gasteiger partial charge in [-0.05, 0) is 48.7 Å². The van der Waals surface area contributed by atoms with Gasteiger partial charge in [-0.25, -0.2) is 13.9 Å². The zero-order valence-corrected chi connectivity index (χ0v) is 17.7. The van der Waals surface area contributed by atoms with E-state index in [0.29, 0.717) is 17.0 Å². The molecule has 0 amide bonds. The molecule has 1 atom stereocenters. The van der Waals surface area contributed by atoms with Gasteiger partial charge in [-0.1, -0.05) is 18.2 Å². The predicted molar refractivity (Wildman–Crippen MR) is 120 cm³/mol. The molecule has 0 aliphatic rings. The molecule has 0 spiro atoms. The van der Waals surface area contributed by atoms with E-state index in [1.165, 1.54) is 36.4 Å². The van der Waals surface area contributed by atoms with Gasteiger partial charge in [-0.3, -0.25) is 9.36 Å². The fraction of sp³-hybridized carbons (Fsp3) is 0.125. The number of alkyl halides is 3. The third-order valence-corrected chi connectivity index (χ3v) is 5.56. The Labute approximate surface area is 190 Å². The maximum atomic E-state index is 14.1. The number of aromatic nitrogens is 4. The Kier molecular flexibility index (Phi) is 5.07. The average Bonchev–Trinajstić information content (AvgIpc) is 3.28. The Morgan fingerprint density at radius 3 is 2.59 bits per heavy atom. The molecule has 5 rings (SSSR count). The fourth-order valence-electron chi connectivity index (χ4n) is 4.08. The first-order valence-electron chi connectivity index (χ1n) is 10.3. The number of hydrogen-bond acceptors (Lipinski definition) is 4. The predicted octanol–water partition coefficient (Wildman–Crippen LogP) is 5.36. The Morgan fingerprint density at radius 2 is 1.82 bits per heavy atom. The summed E-state index contributed by atoms with van der Waals surface area (Å²) < 4.78 is 57.9. The van der Waals surface area contributed by atoms with Crippen molar-refractivity contribution in [3.63, 3.8) is 0 Å². The van der Waals surface area contributed by atoms with E-state index in [4.69, 9.17) is 0 Å². The molecule has 172 valence electrons. The van der Waals surface area contributed by atoms with E-state index in [2.05, 4.69) is 15.4 Å². The third-order valence-electron chi connectivity index (χ3n) is 5.56. The van der Waals surface area contributed by atoms with Crippen LogP contribution >= 0.6 is 0 Å². The molecule has 1 unspecified atom stereocenters. The number of imidazole rings is 1. The van der Waals surface area contributed by atoms with Crippen LogP contribution in [0.25, 0.3) is 22.1 Å². The van der Waals surface area contributed by atoms with Crippen molar-refractivity contribution >= 4 is 22.1 Å². The maximum absolute atomic E-state index is 14.1. The van der Waals surface area contributed by atoms with E-state index in [9.17, 15) is 22.4 Å². The second-order valence-corrected chi connectivity index (χ2v) is 7.76. The normalized spacial score (nSPS) is 12.9. The van der Waals surface area contributed by atoms with Gasteiger partial charge in [0.05, 0.1) is 34.6 Å². The van der Waals surface area contributed by atoms with Crippen LogP contribution in [-0.2, 0) is 6.18 Å². The minimum absolute atomic E-state index is 0.119. The van der Waals surface area contributed by atoms with Crippen LogP contribution in [0.2, 0.25) is 0 Å². The summed E-state index contributed by atoms with van der Waals surface area (Å²) in [5.74, 6) is -0.617. The first-order valence-corrected chi connectivity index (χ1v) is 10.3. The van der Waals surface area contributed by atoms with Crippen molar-refractivity contribution < 1.29 is 17.6 Å². The number of anilines is 1. The Morgan fingerprint density at radius 1 is 1.03 bits per heavy atom. The number of fused-ring (bicyclic) bond motifs is 2. The minimum atomic E-state index is -4.73. The van der Waals surface area contributed by atoms with Gasteiger partial charge in [-0.15, -0.1) is 0 Å². The zero-order valence-electron chi connectivity index (χ0n) is 17.7. The third kappa shape index (κ3) is 3.66. The lowest BCUT2D eigenvalue weighted by Gasteiger charge is -2.22. The lowest BCUT2D eigenvalue weighted by molar-refractivity contribution is -0.136. The summed E-state index contributed by atoms with van der Waals surface area (Å²) in [5, 5.41) is 7.06. The van der Waals surface area contributed by atoms with Crippen molar-refractivity contribution in [2.24, 2.45) is 0 Å². The smallest absolute Gasteiger partial charge is 0.374 e. The lowest BCUT2D eigenvalue weighted by Crippen LogP contribution is -2.27. The Hall–Kier alpha value is -4.21. The second-order valence-electron chi connectivity index (χ2n) is 7.76. The first-order chi connectivity index (χ1) is 16.2. The number of nitrogens with one attached hydrogen (secondary N) is 1. The van der Waals surface area contributed by atoms with Gasteiger partial charge < -0.3 is 5.32 Å². The van der Waals surface area contributed by atoms with Gasteiger partial charge in [0.2, 0.25) is 0 Å². The molecule has 0 aliphatic heterocycles. The van der Waals surface area contributed by atoms with Crippen molar-refractivity contribution in [2.45, 2.75) is 19.1 Å². The van der Waals surface area contributed by atoms with Crippen molar-refractivity contribution in [3.8, 4) is 5.69 Å². The van der Waals surface area contributed by atoms with E-state index in [1.807, 2.05) is 0 Å². The molecule has 0 saturated heterocycles. The lowest BCUT2D eigenvalue weighted by atomic mass is 10.0. The van der Waals surface area contributed by atoms with Crippen molar-refractivity contribution in [1.82, 2.24) is 19.2 Å². The molecule has 0 radical (unpaired) electrons. The molecule has 3 aromatic heterocycles. The average molecular weight is 467 g/mol. The number of hydrogen-bond donors (Lipinski definition) is 1. The van der Waals surface area contributed by atoms with Gasteiger partial charge in [0.1, 0.15) is 5.82 Å². The molecule has 2 aromatic carbocycles. The number of halogens is 4. The molecule has 3 heterocycles. The maximum Gasteiger partial charge on any atom is 0.417 e. The van der Waals surface area contributed by atoms with Crippen LogP contribution in [0.5, 0.6) is 0 Å². The number of pyridine rings is 1. The highest BCUT2D eigenvalue weighted by Crippen LogP contribution is 2.35. The molecule has 10 heteroatoms. The topological polar surface area (TPSA) is 64.2 Å². The summed E-state index contributed by atoms with van der Waals surface area (Å²) in [7, 11) is 0. The first kappa shape index (κ1) is 21.6. The molecule has 0 saturated carbocycles. The summed E-state index contributed by atoms with van der Waals surface area (Å²) in [6, 6.07) is 11.4. The van der Waals surface area contributed by atoms with Gasteiger partial charge >= 0.3 is 6.18 Å². The highest BCUT2D eigenvalue weighted by atomic mass is 19.4. The summed E-state index contributed by atoms with van der Waals surface area (Å²) in [6.07, 6.45) is 0.0879. The van der Waals surface area contributed by atoms with Crippen LogP contribution in [0.4, 0.5) is 23.2 Å². The minimum Gasteiger partial charge on any atom is -0.374 e. The van der Waals surface area contributed by atoms with Crippen molar-refractivity contribution in [2.75, 3.05) is 5.32 Å². The van der Waals surface area contributed by atoms with Crippen LogP contribution in [0.15, 0.2) is 78.0 Å². The zero-order chi connectivity index (χ0) is 24.0. The summed E-state index contributed by atoms with van der Waals surface area (Å²) in [5.41, 5.74) is -0.318. The Balaban J connectivity index is 1.76. The van der Waals surface area contributed by atoms with E-state index in [0.717, 1.165) is 16.7 Å². The summed E-state index contributed by atoms with van der Waals surface area (Å²) in [6.45, 7) is 1.75. The molecule has 5 aromatic rings. The summed E-state index contributed by atoms with van der Waals surface area (Å²) >= 11 is 0. The van der Waals surface area contributed by atoms with Gasteiger partial charge in [0, 0.05) is 18.1 Å². The van der Waals surface area contributed by atoms with Crippen LogP contribution in [0, 0.1) is 5.82 Å². The molecule has 1 N–H and O–H groups in total. The number of benzene rings is 2. The Bertz CT molecular complexity index is 1590. The van der Waals surface area contributed by atoms with E-state index >= 15 is 0 Å². The molecule has 0 aliphatic carbocycles. The van der Waals surface area contributed by atoms with Gasteiger partial charge in [0.25, 0.3) is 5.56 Å². The monoisotopic (exact) mass is 467 g/mol. The largest absolute Gasteiger partial charge is 0.417 e. The van der Waals surface area contributed by atoms with Gasteiger partial charge in [0.15, 0.2) is 5.65 Å². The highest BCUT2D eigenvalue weighted by Gasteiger charge is 2.34. The number of nitrogens with zero attached hydrogens (tertiary/aromatic N) is 4. The van der Waals surface area contributed by atoms with Crippen LogP contribution < -0.4 is 10.9 Å². The van der Waals surface area contributed by atoms with Crippen LogP contribution in [0.1, 0.15) is 24.2 Å². The standard InChI is InChI=1S/C24H17F4N5O/c1-14(31-19-8-9-30-32-11-10-29-22(19)32)20-12-15-4-2-7-18(24(26,27)28)21(15)23(34)33(20)17-6-3-5-16(25)13-17/h2-14,31H,1H3.